The molecule has 0 spiro atoms. The molecule has 0 aliphatic rings. The Labute approximate surface area is 83.1 Å². The van der Waals surface area contributed by atoms with Crippen LogP contribution in [0.1, 0.15) is 18.9 Å². The Bertz CT molecular complexity index is 211. The Morgan fingerprint density at radius 3 is 2.69 bits per heavy atom. The molecule has 0 atom stereocenters. The first-order valence-corrected chi connectivity index (χ1v) is 6.63. The van der Waals surface area contributed by atoms with E-state index in [9.17, 15) is 0 Å². The van der Waals surface area contributed by atoms with Crippen molar-refractivity contribution in [2.24, 2.45) is 0 Å². The van der Waals surface area contributed by atoms with Gasteiger partial charge in [0.05, 0.1) is 0 Å². The van der Waals surface area contributed by atoms with Gasteiger partial charge in [0, 0.05) is 6.61 Å². The second kappa shape index (κ2) is 6.86. The van der Waals surface area contributed by atoms with Crippen LogP contribution in [0.15, 0.2) is 30.3 Å². The molecule has 0 N–H and O–H groups in total. The maximum absolute atomic E-state index is 5.62. The van der Waals surface area contributed by atoms with Crippen molar-refractivity contribution in [1.29, 1.82) is 0 Å². The minimum Gasteiger partial charge on any atom is -0.424 e. The predicted molar refractivity (Wildman–Crippen MR) is 59.7 cm³/mol. The summed E-state index contributed by atoms with van der Waals surface area (Å²) >= 11 is 0. The highest BCUT2D eigenvalue weighted by Gasteiger charge is 1.91. The summed E-state index contributed by atoms with van der Waals surface area (Å²) < 4.78 is 5.62. The molecule has 0 aliphatic heterocycles. The number of hydrogen-bond donors (Lipinski definition) is 0. The fourth-order valence-corrected chi connectivity index (χ4v) is 2.02. The summed E-state index contributed by atoms with van der Waals surface area (Å²) in [6, 6.07) is 11.8. The summed E-state index contributed by atoms with van der Waals surface area (Å²) in [6.45, 7) is 3.13. The van der Waals surface area contributed by atoms with Crippen molar-refractivity contribution in [2.75, 3.05) is 6.61 Å². The molecule has 1 aromatic carbocycles. The average molecular weight is 194 g/mol. The lowest BCUT2D eigenvalue weighted by Gasteiger charge is -2.02. The molecule has 0 aliphatic carbocycles. The monoisotopic (exact) mass is 194 g/mol. The van der Waals surface area contributed by atoms with E-state index in [0.29, 0.717) is 0 Å². The molecule has 0 saturated heterocycles. The Balaban J connectivity index is 2.07. The van der Waals surface area contributed by atoms with Crippen LogP contribution in [0.5, 0.6) is 0 Å². The normalized spacial score (nSPS) is 11.2. The summed E-state index contributed by atoms with van der Waals surface area (Å²) in [5.41, 5.74) is 1.38. The SMILES string of the molecule is CCC[SiH2]OCCc1ccccc1. The molecule has 0 saturated carbocycles. The lowest BCUT2D eigenvalue weighted by atomic mass is 10.2. The quantitative estimate of drug-likeness (QED) is 0.498. The number of hydrogen-bond acceptors (Lipinski definition) is 1. The number of benzene rings is 1. The van der Waals surface area contributed by atoms with E-state index >= 15 is 0 Å². The van der Waals surface area contributed by atoms with E-state index in [0.717, 1.165) is 13.0 Å². The van der Waals surface area contributed by atoms with Gasteiger partial charge in [-0.25, -0.2) is 0 Å². The molecular formula is C11H18OSi. The molecule has 1 aromatic rings. The van der Waals surface area contributed by atoms with Crippen LogP contribution in [0, 0.1) is 0 Å². The highest BCUT2D eigenvalue weighted by molar-refractivity contribution is 6.26. The lowest BCUT2D eigenvalue weighted by molar-refractivity contribution is 0.339. The molecule has 72 valence electrons. The third-order valence-corrected chi connectivity index (χ3v) is 3.59. The fraction of sp³-hybridized carbons (Fsp3) is 0.455. The van der Waals surface area contributed by atoms with Gasteiger partial charge in [0.1, 0.15) is 0 Å². The summed E-state index contributed by atoms with van der Waals surface area (Å²) in [5.74, 6) is 0. The van der Waals surface area contributed by atoms with Crippen molar-refractivity contribution in [3.05, 3.63) is 35.9 Å². The zero-order valence-corrected chi connectivity index (χ0v) is 9.74. The maximum Gasteiger partial charge on any atom is 0.161 e. The van der Waals surface area contributed by atoms with Gasteiger partial charge in [-0.05, 0) is 18.0 Å². The van der Waals surface area contributed by atoms with Crippen LogP contribution in [-0.2, 0) is 10.8 Å². The molecule has 1 rings (SSSR count). The third kappa shape index (κ3) is 4.86. The summed E-state index contributed by atoms with van der Waals surface area (Å²) in [7, 11) is -0.205. The molecule has 0 heterocycles. The molecule has 1 nitrogen and oxygen atoms in total. The highest BCUT2D eigenvalue weighted by Crippen LogP contribution is 1.99. The molecule has 13 heavy (non-hydrogen) atoms. The van der Waals surface area contributed by atoms with Crippen LogP contribution < -0.4 is 0 Å². The average Bonchev–Trinajstić information content (AvgIpc) is 2.19. The van der Waals surface area contributed by atoms with Gasteiger partial charge >= 0.3 is 0 Å². The Morgan fingerprint density at radius 2 is 2.00 bits per heavy atom. The standard InChI is InChI=1S/C11H18OSi/c1-2-10-13-12-9-8-11-6-4-3-5-7-11/h3-7H,2,8-10,13H2,1H3. The van der Waals surface area contributed by atoms with E-state index in [-0.39, 0.29) is 9.76 Å². The van der Waals surface area contributed by atoms with Crippen LogP contribution in [0.2, 0.25) is 6.04 Å². The smallest absolute Gasteiger partial charge is 0.161 e. The van der Waals surface area contributed by atoms with Crippen LogP contribution in [0.3, 0.4) is 0 Å². The molecule has 2 heteroatoms. The second-order valence-electron chi connectivity index (χ2n) is 3.20. The van der Waals surface area contributed by atoms with E-state index < -0.39 is 0 Å². The van der Waals surface area contributed by atoms with Gasteiger partial charge in [-0.15, -0.1) is 0 Å². The van der Waals surface area contributed by atoms with Crippen LogP contribution in [-0.4, -0.2) is 16.4 Å². The molecule has 0 aromatic heterocycles. The fourth-order valence-electron chi connectivity index (χ4n) is 1.18. The van der Waals surface area contributed by atoms with Gasteiger partial charge in [0.15, 0.2) is 9.76 Å². The van der Waals surface area contributed by atoms with Crippen molar-refractivity contribution in [2.45, 2.75) is 25.8 Å². The van der Waals surface area contributed by atoms with E-state index in [2.05, 4.69) is 37.3 Å². The van der Waals surface area contributed by atoms with Gasteiger partial charge in [-0.2, -0.15) is 0 Å². The molecule has 0 amide bonds. The van der Waals surface area contributed by atoms with Crippen molar-refractivity contribution in [3.8, 4) is 0 Å². The van der Waals surface area contributed by atoms with E-state index in [1.165, 1.54) is 18.0 Å². The topological polar surface area (TPSA) is 9.23 Å². The summed E-state index contributed by atoms with van der Waals surface area (Å²) in [5, 5.41) is 0. The highest BCUT2D eigenvalue weighted by atomic mass is 28.2. The first-order chi connectivity index (χ1) is 6.43. The first-order valence-electron chi connectivity index (χ1n) is 5.05. The van der Waals surface area contributed by atoms with Crippen molar-refractivity contribution < 1.29 is 4.43 Å². The molecule has 0 unspecified atom stereocenters. The van der Waals surface area contributed by atoms with E-state index in [4.69, 9.17) is 4.43 Å². The minimum atomic E-state index is -0.205. The Hall–Kier alpha value is -0.603. The molecule has 0 radical (unpaired) electrons. The number of rotatable bonds is 6. The zero-order valence-electron chi connectivity index (χ0n) is 8.33. The van der Waals surface area contributed by atoms with Gasteiger partial charge in [0.25, 0.3) is 0 Å². The van der Waals surface area contributed by atoms with Crippen molar-refractivity contribution in [3.63, 3.8) is 0 Å². The zero-order chi connectivity index (χ0) is 9.36. The second-order valence-corrected chi connectivity index (χ2v) is 4.73. The maximum atomic E-state index is 5.62. The molecular weight excluding hydrogens is 176 g/mol. The van der Waals surface area contributed by atoms with E-state index in [1.807, 2.05) is 0 Å². The summed E-state index contributed by atoms with van der Waals surface area (Å²) in [6.07, 6.45) is 2.34. The van der Waals surface area contributed by atoms with Crippen LogP contribution in [0.25, 0.3) is 0 Å². The van der Waals surface area contributed by atoms with Gasteiger partial charge < -0.3 is 4.43 Å². The van der Waals surface area contributed by atoms with E-state index in [1.54, 1.807) is 0 Å². The minimum absolute atomic E-state index is 0.205. The Morgan fingerprint density at radius 1 is 1.23 bits per heavy atom. The molecule has 0 fully saturated rings. The largest absolute Gasteiger partial charge is 0.424 e. The lowest BCUT2D eigenvalue weighted by Crippen LogP contribution is -2.02. The van der Waals surface area contributed by atoms with Crippen molar-refractivity contribution in [1.82, 2.24) is 0 Å². The van der Waals surface area contributed by atoms with Gasteiger partial charge in [0.2, 0.25) is 0 Å². The first kappa shape index (κ1) is 10.5. The summed E-state index contributed by atoms with van der Waals surface area (Å²) in [4.78, 5) is 0. The van der Waals surface area contributed by atoms with Gasteiger partial charge in [-0.1, -0.05) is 43.7 Å². The Kier molecular flexibility index (Phi) is 5.53. The van der Waals surface area contributed by atoms with Crippen LogP contribution >= 0.6 is 0 Å². The van der Waals surface area contributed by atoms with Gasteiger partial charge in [-0.3, -0.25) is 0 Å². The third-order valence-electron chi connectivity index (χ3n) is 2.02. The predicted octanol–water partition coefficient (Wildman–Crippen LogP) is 2.16. The molecule has 0 bridgehead atoms. The van der Waals surface area contributed by atoms with Crippen molar-refractivity contribution >= 4 is 9.76 Å². The van der Waals surface area contributed by atoms with Crippen LogP contribution in [0.4, 0.5) is 0 Å².